The Morgan fingerprint density at radius 2 is 0.862 bits per heavy atom. The molecule has 87 heavy (non-hydrogen) atoms. The van der Waals surface area contributed by atoms with Gasteiger partial charge >= 0.3 is 0 Å². The van der Waals surface area contributed by atoms with Gasteiger partial charge in [0.15, 0.2) is 0 Å². The molecule has 0 spiro atoms. The number of aliphatic hydroxyl groups is 1. The quantitative estimate of drug-likeness (QED) is 0.137. The molecule has 23 nitrogen and oxygen atoms in total. The van der Waals surface area contributed by atoms with Gasteiger partial charge in [-0.15, -0.1) is 0 Å². The molecule has 1 saturated heterocycles. The number of hydrogen-bond acceptors (Lipinski definition) is 12. The van der Waals surface area contributed by atoms with Crippen LogP contribution in [0.5, 0.6) is 0 Å². The molecule has 0 radical (unpaired) electrons. The van der Waals surface area contributed by atoms with Crippen molar-refractivity contribution in [3.05, 3.63) is 12.2 Å². The number of likely N-dealkylation sites (N-methyl/N-ethyl adjacent to an activating group) is 7. The summed E-state index contributed by atoms with van der Waals surface area (Å²) in [4.78, 5) is 170. The molecule has 1 aliphatic rings. The molecule has 0 saturated carbocycles. The van der Waals surface area contributed by atoms with E-state index in [1.165, 1.54) is 92.5 Å². The summed E-state index contributed by atoms with van der Waals surface area (Å²) in [6.07, 6.45) is 3.04. The lowest BCUT2D eigenvalue weighted by Crippen LogP contribution is -2.64. The molecule has 0 unspecified atom stereocenters. The normalized spacial score (nSPS) is 27.4. The topological polar surface area (TPSA) is 279 Å². The van der Waals surface area contributed by atoms with Crippen LogP contribution in [0.25, 0.3) is 0 Å². The lowest BCUT2D eigenvalue weighted by atomic mass is 9.91. The first-order valence-electron chi connectivity index (χ1n) is 31.6. The minimum absolute atomic E-state index is 0.0173. The van der Waals surface area contributed by atoms with Crippen molar-refractivity contribution in [3.8, 4) is 0 Å². The van der Waals surface area contributed by atoms with E-state index in [1.54, 1.807) is 61.5 Å². The molecular formula is C64H115N11O12. The van der Waals surface area contributed by atoms with Crippen LogP contribution in [0.4, 0.5) is 0 Å². The summed E-state index contributed by atoms with van der Waals surface area (Å²) in [6, 6.07) is -13.6. The summed E-state index contributed by atoms with van der Waals surface area (Å²) in [7, 11) is 8.55. The Labute approximate surface area is 521 Å². The highest BCUT2D eigenvalue weighted by Gasteiger charge is 2.46. The van der Waals surface area contributed by atoms with E-state index in [2.05, 4.69) is 21.3 Å². The fourth-order valence-electron chi connectivity index (χ4n) is 11.2. The van der Waals surface area contributed by atoms with E-state index < -0.39 is 155 Å². The number of amides is 11. The predicted octanol–water partition coefficient (Wildman–Crippen LogP) is 4.05. The van der Waals surface area contributed by atoms with Gasteiger partial charge in [0, 0.05) is 48.8 Å². The Morgan fingerprint density at radius 3 is 1.31 bits per heavy atom. The number of carbonyl (C=O) groups excluding carboxylic acids is 11. The first-order chi connectivity index (χ1) is 40.2. The van der Waals surface area contributed by atoms with Gasteiger partial charge in [-0.25, -0.2) is 0 Å². The van der Waals surface area contributed by atoms with E-state index in [1.807, 2.05) is 61.5 Å². The number of hydrogen-bond donors (Lipinski definition) is 5. The Hall–Kier alpha value is -6.13. The zero-order chi connectivity index (χ0) is 67.6. The van der Waals surface area contributed by atoms with Crippen LogP contribution < -0.4 is 21.3 Å². The minimum atomic E-state index is -1.62. The van der Waals surface area contributed by atoms with Gasteiger partial charge in [0.1, 0.15) is 66.5 Å². The van der Waals surface area contributed by atoms with Crippen LogP contribution in [0, 0.1) is 41.4 Å². The lowest BCUT2D eigenvalue weighted by molar-refractivity contribution is -0.157. The van der Waals surface area contributed by atoms with Crippen LogP contribution in [0.3, 0.4) is 0 Å². The standard InChI is InChI=1S/C64H115N11O12/c1-26-29-30-41(16)53(76)52-57(80)67-45(27-2)60(83)69(20)44(19)59(82)75(28-3)47(32-36(6)7)56(79)68-50(39(12)13)63(86)70(21)46(31-35(4)5)55(78)65-42(17)54(77)66-43(18)58(81)71(22)48(33-37(8)9)61(84)72(23)49(34-38(10)11)62(85)73(24)51(40(14)15)64(87)74(52)25/h26,29,35-53,76H,27-28,30-34H2,1-25H3,(H,65,78)(H,66,77)(H,67,80)(H,68,79)/b29-26+/t41-,42+,43-,44+,45+,46+,47+,48+,49+,50+,51+,52+,53-/m1/s1. The van der Waals surface area contributed by atoms with Crippen LogP contribution in [0.2, 0.25) is 0 Å². The van der Waals surface area contributed by atoms with Crippen LogP contribution >= 0.6 is 0 Å². The van der Waals surface area contributed by atoms with Gasteiger partial charge in [0.25, 0.3) is 0 Å². The largest absolute Gasteiger partial charge is 0.390 e. The molecule has 0 aromatic heterocycles. The van der Waals surface area contributed by atoms with E-state index in [4.69, 9.17) is 0 Å². The second-order valence-corrected chi connectivity index (χ2v) is 26.6. The zero-order valence-corrected chi connectivity index (χ0v) is 57.6. The van der Waals surface area contributed by atoms with Crippen molar-refractivity contribution < 1.29 is 57.8 Å². The van der Waals surface area contributed by atoms with E-state index >= 15 is 9.59 Å². The molecule has 1 aliphatic heterocycles. The third-order valence-electron chi connectivity index (χ3n) is 16.8. The molecular weight excluding hydrogens is 1110 g/mol. The zero-order valence-electron chi connectivity index (χ0n) is 57.6. The summed E-state index contributed by atoms with van der Waals surface area (Å²) < 4.78 is 0. The molecule has 5 N–H and O–H groups in total. The van der Waals surface area contributed by atoms with Gasteiger partial charge in [-0.05, 0) is 115 Å². The fraction of sp³-hybridized carbons (Fsp3) is 0.797. The summed E-state index contributed by atoms with van der Waals surface area (Å²) in [6.45, 7) is 33.2. The third-order valence-corrected chi connectivity index (χ3v) is 16.8. The second kappa shape index (κ2) is 35.8. The maximum absolute atomic E-state index is 15.2. The average Bonchev–Trinajstić information content (AvgIpc) is 1.29. The van der Waals surface area contributed by atoms with Crippen molar-refractivity contribution in [3.63, 3.8) is 0 Å². The van der Waals surface area contributed by atoms with Crippen molar-refractivity contribution in [1.82, 2.24) is 55.6 Å². The third kappa shape index (κ3) is 21.6. The highest BCUT2D eigenvalue weighted by molar-refractivity contribution is 6.00. The van der Waals surface area contributed by atoms with E-state index in [0.29, 0.717) is 6.42 Å². The Balaban J connectivity index is 4.41. The molecule has 0 bridgehead atoms. The highest BCUT2D eigenvalue weighted by Crippen LogP contribution is 2.26. The van der Waals surface area contributed by atoms with E-state index in [9.17, 15) is 48.3 Å². The molecule has 11 amide bonds. The van der Waals surface area contributed by atoms with Crippen LogP contribution in [0.15, 0.2) is 12.2 Å². The van der Waals surface area contributed by atoms with Gasteiger partial charge in [-0.3, -0.25) is 52.7 Å². The highest BCUT2D eigenvalue weighted by atomic mass is 16.3. The minimum Gasteiger partial charge on any atom is -0.390 e. The number of rotatable bonds is 16. The first-order valence-corrected chi connectivity index (χ1v) is 31.6. The molecule has 0 aromatic rings. The average molecular weight is 1230 g/mol. The molecule has 23 heteroatoms. The summed E-state index contributed by atoms with van der Waals surface area (Å²) >= 11 is 0. The summed E-state index contributed by atoms with van der Waals surface area (Å²) in [5.41, 5.74) is 0. The van der Waals surface area contributed by atoms with Gasteiger partial charge in [-0.1, -0.05) is 109 Å². The van der Waals surface area contributed by atoms with Crippen LogP contribution in [-0.4, -0.2) is 226 Å². The van der Waals surface area contributed by atoms with Crippen LogP contribution in [-0.2, 0) is 52.7 Å². The molecule has 1 heterocycles. The molecule has 0 aliphatic carbocycles. The van der Waals surface area contributed by atoms with E-state index in [-0.39, 0.29) is 62.3 Å². The van der Waals surface area contributed by atoms with Gasteiger partial charge in [-0.2, -0.15) is 0 Å². The number of allylic oxidation sites excluding steroid dienone is 2. The number of nitrogens with one attached hydrogen (secondary N) is 4. The van der Waals surface area contributed by atoms with Crippen molar-refractivity contribution >= 4 is 65.0 Å². The number of aliphatic hydroxyl groups excluding tert-OH is 1. The SMILES string of the molecule is C/C=C/C[C@@H](C)[C@@H](O)[C@H]1C(=O)N[C@@H](CC)C(=O)N(C)[C@@H](C)C(=O)N(CC)[C@@H](CC(C)C)C(=O)N[C@@H](C(C)C)C(=O)N(C)[C@@H](CC(C)C)C(=O)N[C@@H](C)C(=O)N[C@H](C)C(=O)N(C)[C@@H](CC(C)C)C(=O)N(C)[C@@H](CC(C)C)C(=O)N(C)[C@@H](C(C)C)C(=O)N1C. The van der Waals surface area contributed by atoms with Crippen LogP contribution in [0.1, 0.15) is 170 Å². The first kappa shape index (κ1) is 78.9. The maximum Gasteiger partial charge on any atom is 0.246 e. The summed E-state index contributed by atoms with van der Waals surface area (Å²) in [5, 5.41) is 23.2. The van der Waals surface area contributed by atoms with Crippen molar-refractivity contribution in [2.75, 3.05) is 48.8 Å². The maximum atomic E-state index is 15.2. The summed E-state index contributed by atoms with van der Waals surface area (Å²) in [5.74, 6) is -9.67. The van der Waals surface area contributed by atoms with Crippen molar-refractivity contribution in [2.24, 2.45) is 41.4 Å². The van der Waals surface area contributed by atoms with E-state index in [0.717, 1.165) is 4.90 Å². The van der Waals surface area contributed by atoms with Crippen molar-refractivity contribution in [1.29, 1.82) is 0 Å². The molecule has 1 rings (SSSR count). The Bertz CT molecular complexity index is 2380. The second-order valence-electron chi connectivity index (χ2n) is 26.6. The lowest BCUT2D eigenvalue weighted by Gasteiger charge is -2.41. The Morgan fingerprint density at radius 1 is 0.437 bits per heavy atom. The monoisotopic (exact) mass is 1230 g/mol. The molecule has 498 valence electrons. The molecule has 1 fully saturated rings. The smallest absolute Gasteiger partial charge is 0.246 e. The predicted molar refractivity (Wildman–Crippen MR) is 338 cm³/mol. The Kier molecular flexibility index (Phi) is 32.4. The van der Waals surface area contributed by atoms with Gasteiger partial charge < -0.3 is 60.7 Å². The van der Waals surface area contributed by atoms with Gasteiger partial charge in [0.05, 0.1) is 6.10 Å². The molecule has 13 atom stereocenters. The number of nitrogens with zero attached hydrogens (tertiary/aromatic N) is 7. The van der Waals surface area contributed by atoms with Crippen molar-refractivity contribution in [2.45, 2.75) is 243 Å². The fourth-order valence-corrected chi connectivity index (χ4v) is 11.2. The molecule has 0 aromatic carbocycles. The van der Waals surface area contributed by atoms with Gasteiger partial charge in [0.2, 0.25) is 65.0 Å². The number of carbonyl (C=O) groups is 11.